The molecular weight excluding hydrogens is 392 g/mol. The number of benzene rings is 1. The molecule has 0 saturated heterocycles. The minimum absolute atomic E-state index is 0.152. The number of carbonyl (C=O) groups is 1. The highest BCUT2D eigenvalue weighted by molar-refractivity contribution is 5.92. The molecular formula is C23H26N6O2. The zero-order chi connectivity index (χ0) is 22.2. The summed E-state index contributed by atoms with van der Waals surface area (Å²) in [5.41, 5.74) is 3.31. The first-order valence-electron chi connectivity index (χ1n) is 10.2. The summed E-state index contributed by atoms with van der Waals surface area (Å²) in [7, 11) is 0. The smallest absolute Gasteiger partial charge is 0.272 e. The van der Waals surface area contributed by atoms with E-state index in [1.54, 1.807) is 13.0 Å². The van der Waals surface area contributed by atoms with E-state index in [0.717, 1.165) is 22.2 Å². The molecule has 8 nitrogen and oxygen atoms in total. The molecule has 1 atom stereocenters. The maximum absolute atomic E-state index is 13.0. The Labute approximate surface area is 179 Å². The maximum atomic E-state index is 13.0. The van der Waals surface area contributed by atoms with Gasteiger partial charge < -0.3 is 15.3 Å². The average molecular weight is 419 g/mol. The second-order valence-corrected chi connectivity index (χ2v) is 8.76. The molecule has 3 aromatic heterocycles. The van der Waals surface area contributed by atoms with Crippen LogP contribution in [0.3, 0.4) is 0 Å². The highest BCUT2D eigenvalue weighted by Gasteiger charge is 2.23. The third kappa shape index (κ3) is 4.42. The molecule has 1 aromatic carbocycles. The van der Waals surface area contributed by atoms with Gasteiger partial charge in [-0.15, -0.1) is 0 Å². The third-order valence-corrected chi connectivity index (χ3v) is 5.26. The summed E-state index contributed by atoms with van der Waals surface area (Å²) in [6, 6.07) is 10.7. The fourth-order valence-electron chi connectivity index (χ4n) is 3.59. The minimum Gasteiger partial charge on any atom is -0.361 e. The highest BCUT2D eigenvalue weighted by atomic mass is 16.2. The predicted molar refractivity (Wildman–Crippen MR) is 119 cm³/mol. The highest BCUT2D eigenvalue weighted by Crippen LogP contribution is 2.24. The number of H-pyrrole nitrogens is 3. The van der Waals surface area contributed by atoms with Gasteiger partial charge in [-0.05, 0) is 24.6 Å². The second kappa shape index (κ2) is 7.86. The van der Waals surface area contributed by atoms with E-state index in [1.807, 2.05) is 51.2 Å². The molecule has 0 saturated carbocycles. The summed E-state index contributed by atoms with van der Waals surface area (Å²) in [5.74, 6) is 0.173. The SMILES string of the molecule is Cc1nc([C@@H](Cc2c[nH]c3ccccc23)NC(=O)c2cc(C(C)(C)C)[nH]n2)cc(=O)[nH]1. The molecule has 4 aromatic rings. The quantitative estimate of drug-likeness (QED) is 0.397. The number of fused-ring (bicyclic) bond motifs is 1. The fourth-order valence-corrected chi connectivity index (χ4v) is 3.59. The van der Waals surface area contributed by atoms with Gasteiger partial charge in [-0.3, -0.25) is 14.7 Å². The van der Waals surface area contributed by atoms with E-state index in [2.05, 4.69) is 30.5 Å². The lowest BCUT2D eigenvalue weighted by molar-refractivity contribution is 0.0930. The van der Waals surface area contributed by atoms with Crippen molar-refractivity contribution in [2.75, 3.05) is 0 Å². The molecule has 0 aliphatic rings. The summed E-state index contributed by atoms with van der Waals surface area (Å²) in [4.78, 5) is 35.5. The molecule has 0 aliphatic carbocycles. The number of para-hydroxylation sites is 1. The van der Waals surface area contributed by atoms with Crippen molar-refractivity contribution < 1.29 is 4.79 Å². The normalized spacial score (nSPS) is 12.8. The van der Waals surface area contributed by atoms with Gasteiger partial charge in [-0.25, -0.2) is 4.98 Å². The van der Waals surface area contributed by atoms with Gasteiger partial charge >= 0.3 is 0 Å². The van der Waals surface area contributed by atoms with Gasteiger partial charge in [0.25, 0.3) is 11.5 Å². The van der Waals surface area contributed by atoms with Crippen molar-refractivity contribution in [3.8, 4) is 0 Å². The zero-order valence-corrected chi connectivity index (χ0v) is 18.0. The Kier molecular flexibility index (Phi) is 5.22. The van der Waals surface area contributed by atoms with E-state index in [-0.39, 0.29) is 16.9 Å². The summed E-state index contributed by atoms with van der Waals surface area (Å²) < 4.78 is 0. The van der Waals surface area contributed by atoms with Crippen LogP contribution in [-0.2, 0) is 11.8 Å². The van der Waals surface area contributed by atoms with Crippen LogP contribution in [0, 0.1) is 6.92 Å². The average Bonchev–Trinajstić information content (AvgIpc) is 3.34. The number of aromatic amines is 3. The number of hydrogen-bond donors (Lipinski definition) is 4. The Bertz CT molecular complexity index is 1290. The molecule has 4 N–H and O–H groups in total. The second-order valence-electron chi connectivity index (χ2n) is 8.76. The number of nitrogens with zero attached hydrogens (tertiary/aromatic N) is 2. The van der Waals surface area contributed by atoms with Crippen molar-refractivity contribution in [2.45, 2.75) is 45.6 Å². The number of carbonyl (C=O) groups excluding carboxylic acids is 1. The van der Waals surface area contributed by atoms with Gasteiger partial charge in [0.15, 0.2) is 0 Å². The van der Waals surface area contributed by atoms with Crippen LogP contribution in [0.1, 0.15) is 60.1 Å². The van der Waals surface area contributed by atoms with E-state index in [4.69, 9.17) is 0 Å². The van der Waals surface area contributed by atoms with Crippen LogP contribution in [0.5, 0.6) is 0 Å². The summed E-state index contributed by atoms with van der Waals surface area (Å²) >= 11 is 0. The molecule has 160 valence electrons. The summed E-state index contributed by atoms with van der Waals surface area (Å²) in [6.45, 7) is 7.86. The van der Waals surface area contributed by atoms with Crippen molar-refractivity contribution in [2.24, 2.45) is 0 Å². The van der Waals surface area contributed by atoms with E-state index < -0.39 is 6.04 Å². The Morgan fingerprint density at radius 2 is 1.97 bits per heavy atom. The van der Waals surface area contributed by atoms with E-state index in [1.165, 1.54) is 6.07 Å². The van der Waals surface area contributed by atoms with Crippen molar-refractivity contribution in [1.82, 2.24) is 30.5 Å². The molecule has 0 spiro atoms. The Balaban J connectivity index is 1.67. The number of hydrogen-bond acceptors (Lipinski definition) is 4. The van der Waals surface area contributed by atoms with Crippen molar-refractivity contribution >= 4 is 16.8 Å². The molecule has 1 amide bonds. The monoisotopic (exact) mass is 418 g/mol. The molecule has 0 unspecified atom stereocenters. The number of amides is 1. The van der Waals surface area contributed by atoms with Gasteiger partial charge in [0.05, 0.1) is 11.7 Å². The molecule has 0 fully saturated rings. The third-order valence-electron chi connectivity index (χ3n) is 5.26. The zero-order valence-electron chi connectivity index (χ0n) is 18.0. The van der Waals surface area contributed by atoms with Crippen LogP contribution in [0.25, 0.3) is 10.9 Å². The lowest BCUT2D eigenvalue weighted by Gasteiger charge is -2.18. The van der Waals surface area contributed by atoms with Gasteiger partial charge in [0, 0.05) is 40.7 Å². The molecule has 0 aliphatic heterocycles. The van der Waals surface area contributed by atoms with Crippen LogP contribution in [0.2, 0.25) is 0 Å². The minimum atomic E-state index is -0.498. The Morgan fingerprint density at radius 1 is 1.19 bits per heavy atom. The number of aryl methyl sites for hydroxylation is 1. The van der Waals surface area contributed by atoms with Crippen LogP contribution in [0.15, 0.2) is 47.4 Å². The number of rotatable bonds is 5. The topological polar surface area (TPSA) is 119 Å². The maximum Gasteiger partial charge on any atom is 0.272 e. The van der Waals surface area contributed by atoms with Crippen LogP contribution >= 0.6 is 0 Å². The molecule has 8 heteroatoms. The number of nitrogens with one attached hydrogen (secondary N) is 4. The van der Waals surface area contributed by atoms with E-state index in [0.29, 0.717) is 23.6 Å². The Hall–Kier alpha value is -3.68. The fraction of sp³-hybridized carbons (Fsp3) is 0.304. The standard InChI is InChI=1S/C23H26N6O2/c1-13-25-18(11-21(30)26-13)17(9-14-12-24-16-8-6-5-7-15(14)16)27-22(31)19-10-20(29-28-19)23(2,3)4/h5-8,10-12,17,24H,9H2,1-4H3,(H,27,31)(H,28,29)(H,25,26,30)/t17-/m1/s1. The lowest BCUT2D eigenvalue weighted by atomic mass is 9.92. The largest absolute Gasteiger partial charge is 0.361 e. The van der Waals surface area contributed by atoms with E-state index >= 15 is 0 Å². The van der Waals surface area contributed by atoms with E-state index in [9.17, 15) is 9.59 Å². The first kappa shape index (κ1) is 20.6. The Morgan fingerprint density at radius 3 is 2.68 bits per heavy atom. The van der Waals surface area contributed by atoms with Gasteiger partial charge in [-0.1, -0.05) is 39.0 Å². The van der Waals surface area contributed by atoms with Gasteiger partial charge in [-0.2, -0.15) is 5.10 Å². The van der Waals surface area contributed by atoms with Crippen LogP contribution < -0.4 is 10.9 Å². The lowest BCUT2D eigenvalue weighted by Crippen LogP contribution is -2.32. The molecule has 4 rings (SSSR count). The predicted octanol–water partition coefficient (Wildman–Crippen LogP) is 3.29. The summed E-state index contributed by atoms with van der Waals surface area (Å²) in [6.07, 6.45) is 2.40. The summed E-state index contributed by atoms with van der Waals surface area (Å²) in [5, 5.41) is 11.2. The molecule has 0 bridgehead atoms. The molecule has 3 heterocycles. The number of aromatic nitrogens is 5. The van der Waals surface area contributed by atoms with Crippen LogP contribution in [0.4, 0.5) is 0 Å². The van der Waals surface area contributed by atoms with Crippen molar-refractivity contribution in [3.05, 3.63) is 81.4 Å². The van der Waals surface area contributed by atoms with Gasteiger partial charge in [0.2, 0.25) is 0 Å². The van der Waals surface area contributed by atoms with Crippen molar-refractivity contribution in [3.63, 3.8) is 0 Å². The first-order chi connectivity index (χ1) is 14.7. The van der Waals surface area contributed by atoms with Gasteiger partial charge in [0.1, 0.15) is 11.5 Å². The van der Waals surface area contributed by atoms with Crippen molar-refractivity contribution in [1.29, 1.82) is 0 Å². The molecule has 31 heavy (non-hydrogen) atoms. The molecule has 0 radical (unpaired) electrons. The first-order valence-corrected chi connectivity index (χ1v) is 10.2. The van der Waals surface area contributed by atoms with Crippen LogP contribution in [-0.4, -0.2) is 31.1 Å².